The zero-order valence-electron chi connectivity index (χ0n) is 15.7. The van der Waals surface area contributed by atoms with Crippen molar-refractivity contribution in [2.45, 2.75) is 6.92 Å². The lowest BCUT2D eigenvalue weighted by Crippen LogP contribution is -2.20. The van der Waals surface area contributed by atoms with Crippen LogP contribution < -0.4 is 15.5 Å². The van der Waals surface area contributed by atoms with Crippen LogP contribution >= 0.6 is 11.6 Å². The number of methoxy groups -OCH3 is 1. The summed E-state index contributed by atoms with van der Waals surface area (Å²) in [5.41, 5.74) is 4.61. The number of carbonyl (C=O) groups excluding carboxylic acids is 2. The molecule has 2 aromatic carbocycles. The topological polar surface area (TPSA) is 92.9 Å². The second-order valence-corrected chi connectivity index (χ2v) is 6.43. The van der Waals surface area contributed by atoms with Crippen LogP contribution in [0.2, 0.25) is 5.02 Å². The van der Waals surface area contributed by atoms with Crippen LogP contribution in [0, 0.1) is 0 Å². The maximum absolute atomic E-state index is 12.4. The number of furan rings is 1. The molecule has 2 N–H and O–H groups in total. The molecule has 0 aliphatic heterocycles. The molecule has 0 aliphatic rings. The summed E-state index contributed by atoms with van der Waals surface area (Å²) in [5, 5.41) is 7.29. The monoisotopic (exact) mass is 411 g/mol. The Morgan fingerprint density at radius 1 is 1.07 bits per heavy atom. The Kier molecular flexibility index (Phi) is 6.31. The van der Waals surface area contributed by atoms with Crippen molar-refractivity contribution < 1.29 is 18.7 Å². The lowest BCUT2D eigenvalue weighted by atomic mass is 10.1. The molecule has 29 heavy (non-hydrogen) atoms. The number of hydrazone groups is 1. The van der Waals surface area contributed by atoms with E-state index in [4.69, 9.17) is 20.8 Å². The number of hydrogen-bond donors (Lipinski definition) is 2. The van der Waals surface area contributed by atoms with Gasteiger partial charge in [0.2, 0.25) is 0 Å². The highest BCUT2D eigenvalue weighted by Crippen LogP contribution is 2.22. The molecule has 3 aromatic rings. The van der Waals surface area contributed by atoms with Crippen LogP contribution in [-0.4, -0.2) is 24.6 Å². The van der Waals surface area contributed by atoms with Crippen molar-refractivity contribution >= 4 is 34.8 Å². The number of nitrogens with one attached hydrogen (secondary N) is 2. The Labute approximate surface area is 172 Å². The second kappa shape index (κ2) is 9.07. The van der Waals surface area contributed by atoms with Gasteiger partial charge in [-0.05, 0) is 55.0 Å². The molecule has 3 rings (SSSR count). The van der Waals surface area contributed by atoms with Crippen molar-refractivity contribution in [2.75, 3.05) is 12.4 Å². The predicted octanol–water partition coefficient (Wildman–Crippen LogP) is 4.35. The zero-order valence-corrected chi connectivity index (χ0v) is 16.5. The number of anilines is 1. The molecule has 0 fully saturated rings. The summed E-state index contributed by atoms with van der Waals surface area (Å²) in [5.74, 6) is -0.208. The van der Waals surface area contributed by atoms with Crippen LogP contribution in [0.1, 0.15) is 33.4 Å². The standard InChI is InChI=1S/C21H18ClN3O4/c1-13(24-25-20(26)17-12-15(22)8-9-18(17)28-2)14-5-3-6-16(11-14)23-21(27)19-7-4-10-29-19/h3-12H,1-2H3,(H,23,27)(H,25,26). The first-order valence-corrected chi connectivity index (χ1v) is 8.99. The fourth-order valence-electron chi connectivity index (χ4n) is 2.54. The Morgan fingerprint density at radius 3 is 2.62 bits per heavy atom. The first-order valence-electron chi connectivity index (χ1n) is 8.61. The van der Waals surface area contributed by atoms with E-state index in [1.807, 2.05) is 6.07 Å². The highest BCUT2D eigenvalue weighted by Gasteiger charge is 2.13. The molecule has 0 bridgehead atoms. The highest BCUT2D eigenvalue weighted by atomic mass is 35.5. The van der Waals surface area contributed by atoms with Gasteiger partial charge in [0, 0.05) is 10.7 Å². The molecule has 0 saturated carbocycles. The molecule has 1 aromatic heterocycles. The fourth-order valence-corrected chi connectivity index (χ4v) is 2.71. The SMILES string of the molecule is COc1ccc(Cl)cc1C(=O)NN=C(C)c1cccc(NC(=O)c2ccco2)c1. The number of rotatable bonds is 6. The van der Waals surface area contributed by atoms with Gasteiger partial charge in [-0.3, -0.25) is 9.59 Å². The van der Waals surface area contributed by atoms with Crippen LogP contribution in [-0.2, 0) is 0 Å². The Bertz CT molecular complexity index is 1060. The lowest BCUT2D eigenvalue weighted by Gasteiger charge is -2.09. The zero-order chi connectivity index (χ0) is 20.8. The normalized spacial score (nSPS) is 11.1. The molecule has 0 atom stereocenters. The summed E-state index contributed by atoms with van der Waals surface area (Å²) in [6, 6.07) is 15.0. The van der Waals surface area contributed by atoms with Crippen molar-refractivity contribution in [1.29, 1.82) is 0 Å². The third-order valence-electron chi connectivity index (χ3n) is 4.01. The maximum atomic E-state index is 12.4. The highest BCUT2D eigenvalue weighted by molar-refractivity contribution is 6.31. The fraction of sp³-hybridized carbons (Fsp3) is 0.0952. The number of hydrogen-bond acceptors (Lipinski definition) is 5. The van der Waals surface area contributed by atoms with Crippen molar-refractivity contribution in [3.05, 3.63) is 82.8 Å². The van der Waals surface area contributed by atoms with E-state index in [1.54, 1.807) is 49.4 Å². The first-order chi connectivity index (χ1) is 14.0. The van der Waals surface area contributed by atoms with E-state index in [0.717, 1.165) is 5.56 Å². The van der Waals surface area contributed by atoms with Gasteiger partial charge < -0.3 is 14.5 Å². The number of nitrogens with zero attached hydrogens (tertiary/aromatic N) is 1. The van der Waals surface area contributed by atoms with E-state index in [0.29, 0.717) is 22.2 Å². The number of benzene rings is 2. The van der Waals surface area contributed by atoms with Crippen molar-refractivity contribution in [3.8, 4) is 5.75 Å². The second-order valence-electron chi connectivity index (χ2n) is 5.99. The van der Waals surface area contributed by atoms with Crippen LogP contribution in [0.4, 0.5) is 5.69 Å². The molecule has 0 radical (unpaired) electrons. The van der Waals surface area contributed by atoms with E-state index < -0.39 is 5.91 Å². The summed E-state index contributed by atoms with van der Waals surface area (Å²) < 4.78 is 10.3. The number of carbonyl (C=O) groups is 2. The van der Waals surface area contributed by atoms with Gasteiger partial charge in [0.15, 0.2) is 5.76 Å². The summed E-state index contributed by atoms with van der Waals surface area (Å²) in [6.07, 6.45) is 1.43. The molecule has 0 saturated heterocycles. The average molecular weight is 412 g/mol. The van der Waals surface area contributed by atoms with Crippen LogP contribution in [0.5, 0.6) is 5.75 Å². The van der Waals surface area contributed by atoms with Gasteiger partial charge in [-0.25, -0.2) is 5.43 Å². The molecule has 148 valence electrons. The third-order valence-corrected chi connectivity index (χ3v) is 4.25. The van der Waals surface area contributed by atoms with E-state index in [2.05, 4.69) is 15.8 Å². The maximum Gasteiger partial charge on any atom is 0.291 e. The Morgan fingerprint density at radius 2 is 1.90 bits per heavy atom. The van der Waals surface area contributed by atoms with Gasteiger partial charge in [-0.2, -0.15) is 5.10 Å². The molecular formula is C21H18ClN3O4. The number of halogens is 1. The molecule has 8 heteroatoms. The average Bonchev–Trinajstić information content (AvgIpc) is 3.27. The summed E-state index contributed by atoms with van der Waals surface area (Å²) in [4.78, 5) is 24.5. The molecular weight excluding hydrogens is 394 g/mol. The number of ether oxygens (including phenoxy) is 1. The van der Waals surface area contributed by atoms with Gasteiger partial charge in [0.25, 0.3) is 11.8 Å². The molecule has 7 nitrogen and oxygen atoms in total. The minimum atomic E-state index is -0.453. The molecule has 0 aliphatic carbocycles. The van der Waals surface area contributed by atoms with E-state index >= 15 is 0 Å². The van der Waals surface area contributed by atoms with Gasteiger partial charge in [0.05, 0.1) is 24.6 Å². The van der Waals surface area contributed by atoms with Crippen LogP contribution in [0.15, 0.2) is 70.4 Å². The van der Waals surface area contributed by atoms with Gasteiger partial charge in [-0.15, -0.1) is 0 Å². The van der Waals surface area contributed by atoms with Crippen molar-refractivity contribution in [1.82, 2.24) is 5.43 Å². The minimum absolute atomic E-state index is 0.212. The lowest BCUT2D eigenvalue weighted by molar-refractivity contribution is 0.0950. The Hall–Kier alpha value is -3.58. The number of amides is 2. The van der Waals surface area contributed by atoms with Gasteiger partial charge in [0.1, 0.15) is 5.75 Å². The molecule has 0 unspecified atom stereocenters. The molecule has 0 spiro atoms. The minimum Gasteiger partial charge on any atom is -0.496 e. The van der Waals surface area contributed by atoms with Crippen LogP contribution in [0.25, 0.3) is 0 Å². The smallest absolute Gasteiger partial charge is 0.291 e. The van der Waals surface area contributed by atoms with E-state index in [1.165, 1.54) is 19.4 Å². The molecule has 1 heterocycles. The van der Waals surface area contributed by atoms with Crippen molar-refractivity contribution in [2.24, 2.45) is 5.10 Å². The summed E-state index contributed by atoms with van der Waals surface area (Å²) in [7, 11) is 1.47. The van der Waals surface area contributed by atoms with Crippen LogP contribution in [0.3, 0.4) is 0 Å². The Balaban J connectivity index is 1.72. The van der Waals surface area contributed by atoms with E-state index in [9.17, 15) is 9.59 Å². The van der Waals surface area contributed by atoms with Gasteiger partial charge in [-0.1, -0.05) is 23.7 Å². The van der Waals surface area contributed by atoms with E-state index in [-0.39, 0.29) is 17.2 Å². The first kappa shape index (κ1) is 20.2. The summed E-state index contributed by atoms with van der Waals surface area (Å²) in [6.45, 7) is 1.74. The largest absolute Gasteiger partial charge is 0.496 e. The molecule has 2 amide bonds. The third kappa shape index (κ3) is 5.03. The predicted molar refractivity (Wildman–Crippen MR) is 111 cm³/mol. The quantitative estimate of drug-likeness (QED) is 0.466. The van der Waals surface area contributed by atoms with Gasteiger partial charge >= 0.3 is 0 Å². The summed E-state index contributed by atoms with van der Waals surface area (Å²) >= 11 is 5.96. The van der Waals surface area contributed by atoms with Crippen molar-refractivity contribution in [3.63, 3.8) is 0 Å².